The standard InChI is InChI=1S/C21H27Cl2NO4/c1-6-9-27-18-12-17(23)16(22)11-15(18)19(25)14-7-8-24(13(2)10-14)20(26)28-21(3,4)5/h6,11-14H,1,7-10H2,2-5H3. The molecular weight excluding hydrogens is 401 g/mol. The van der Waals surface area contributed by atoms with Crippen LogP contribution in [0.4, 0.5) is 4.79 Å². The van der Waals surface area contributed by atoms with Gasteiger partial charge in [-0.3, -0.25) is 4.79 Å². The van der Waals surface area contributed by atoms with Crippen LogP contribution in [0.1, 0.15) is 50.9 Å². The van der Waals surface area contributed by atoms with Crippen molar-refractivity contribution in [2.45, 2.75) is 52.2 Å². The Hall–Kier alpha value is -1.72. The number of nitrogens with zero attached hydrogens (tertiary/aromatic N) is 1. The molecule has 2 unspecified atom stereocenters. The molecule has 7 heteroatoms. The van der Waals surface area contributed by atoms with Gasteiger partial charge in [0.25, 0.3) is 0 Å². The SMILES string of the molecule is C=CCOc1cc(Cl)c(Cl)cc1C(=O)C1CCN(C(=O)OC(C)(C)C)C(C)C1. The van der Waals surface area contributed by atoms with Crippen LogP contribution >= 0.6 is 23.2 Å². The summed E-state index contributed by atoms with van der Waals surface area (Å²) in [4.78, 5) is 27.2. The number of benzene rings is 1. The molecule has 1 amide bonds. The molecule has 28 heavy (non-hydrogen) atoms. The predicted octanol–water partition coefficient (Wildman–Crippen LogP) is 5.78. The summed E-state index contributed by atoms with van der Waals surface area (Å²) >= 11 is 12.2. The average molecular weight is 428 g/mol. The van der Waals surface area contributed by atoms with Crippen molar-refractivity contribution in [3.63, 3.8) is 0 Å². The molecule has 1 heterocycles. The van der Waals surface area contributed by atoms with Crippen LogP contribution in [0.25, 0.3) is 0 Å². The van der Waals surface area contributed by atoms with Gasteiger partial charge in [0.05, 0.1) is 15.6 Å². The number of piperidine rings is 1. The van der Waals surface area contributed by atoms with E-state index in [4.69, 9.17) is 32.7 Å². The Labute approximate surface area is 176 Å². The van der Waals surface area contributed by atoms with Crippen molar-refractivity contribution in [1.82, 2.24) is 4.90 Å². The van der Waals surface area contributed by atoms with Crippen molar-refractivity contribution in [3.8, 4) is 5.75 Å². The normalized spacial score (nSPS) is 19.9. The van der Waals surface area contributed by atoms with Crippen LogP contribution < -0.4 is 4.74 Å². The van der Waals surface area contributed by atoms with E-state index in [1.165, 1.54) is 0 Å². The zero-order valence-corrected chi connectivity index (χ0v) is 18.3. The zero-order valence-electron chi connectivity index (χ0n) is 16.8. The lowest BCUT2D eigenvalue weighted by molar-refractivity contribution is 0.00733. The van der Waals surface area contributed by atoms with E-state index < -0.39 is 5.60 Å². The fourth-order valence-corrected chi connectivity index (χ4v) is 3.53. The van der Waals surface area contributed by atoms with Crippen molar-refractivity contribution in [2.24, 2.45) is 5.92 Å². The summed E-state index contributed by atoms with van der Waals surface area (Å²) in [7, 11) is 0. The van der Waals surface area contributed by atoms with Crippen molar-refractivity contribution >= 4 is 35.1 Å². The monoisotopic (exact) mass is 427 g/mol. The maximum Gasteiger partial charge on any atom is 0.410 e. The van der Waals surface area contributed by atoms with Crippen LogP contribution in [-0.4, -0.2) is 41.6 Å². The summed E-state index contributed by atoms with van der Waals surface area (Å²) in [6.07, 6.45) is 2.33. The van der Waals surface area contributed by atoms with E-state index in [0.717, 1.165) is 0 Å². The Kier molecular flexibility index (Phi) is 7.40. The first-order chi connectivity index (χ1) is 13.0. The third-order valence-corrected chi connectivity index (χ3v) is 5.24. The maximum absolute atomic E-state index is 13.2. The minimum Gasteiger partial charge on any atom is -0.489 e. The quantitative estimate of drug-likeness (QED) is 0.441. The third-order valence-electron chi connectivity index (χ3n) is 4.52. The van der Waals surface area contributed by atoms with Gasteiger partial charge >= 0.3 is 6.09 Å². The van der Waals surface area contributed by atoms with Gasteiger partial charge in [-0.25, -0.2) is 4.79 Å². The second-order valence-electron chi connectivity index (χ2n) is 7.97. The number of amides is 1. The number of hydrogen-bond donors (Lipinski definition) is 0. The first kappa shape index (κ1) is 22.6. The van der Waals surface area contributed by atoms with Crippen molar-refractivity contribution < 1.29 is 19.1 Å². The molecule has 2 atom stereocenters. The van der Waals surface area contributed by atoms with Crippen LogP contribution in [0.3, 0.4) is 0 Å². The van der Waals surface area contributed by atoms with Gasteiger partial charge in [-0.05, 0) is 46.6 Å². The van der Waals surface area contributed by atoms with Crippen LogP contribution in [-0.2, 0) is 4.74 Å². The molecule has 1 aromatic rings. The number of ether oxygens (including phenoxy) is 2. The predicted molar refractivity (Wildman–Crippen MR) is 112 cm³/mol. The Morgan fingerprint density at radius 2 is 1.93 bits per heavy atom. The molecule has 0 aromatic heterocycles. The van der Waals surface area contributed by atoms with Crippen LogP contribution in [0.5, 0.6) is 5.75 Å². The van der Waals surface area contributed by atoms with Crippen LogP contribution in [0, 0.1) is 5.92 Å². The number of halogens is 2. The summed E-state index contributed by atoms with van der Waals surface area (Å²) < 4.78 is 11.1. The lowest BCUT2D eigenvalue weighted by atomic mass is 9.85. The number of rotatable bonds is 5. The molecule has 0 radical (unpaired) electrons. The Balaban J connectivity index is 2.15. The van der Waals surface area contributed by atoms with Gasteiger partial charge < -0.3 is 14.4 Å². The fourth-order valence-electron chi connectivity index (χ4n) is 3.21. The van der Waals surface area contributed by atoms with Gasteiger partial charge in [0.2, 0.25) is 0 Å². The molecule has 1 fully saturated rings. The summed E-state index contributed by atoms with van der Waals surface area (Å²) in [5, 5.41) is 0.626. The number of likely N-dealkylation sites (tertiary alicyclic amines) is 1. The molecule has 0 aliphatic carbocycles. The van der Waals surface area contributed by atoms with Gasteiger partial charge in [-0.15, -0.1) is 0 Å². The molecule has 0 saturated carbocycles. The highest BCUT2D eigenvalue weighted by molar-refractivity contribution is 6.42. The largest absolute Gasteiger partial charge is 0.489 e. The molecular formula is C21H27Cl2NO4. The molecule has 1 aliphatic rings. The lowest BCUT2D eigenvalue weighted by Gasteiger charge is -2.38. The lowest BCUT2D eigenvalue weighted by Crippen LogP contribution is -2.47. The van der Waals surface area contributed by atoms with Crippen LogP contribution in [0.15, 0.2) is 24.8 Å². The molecule has 154 valence electrons. The molecule has 1 aliphatic heterocycles. The topological polar surface area (TPSA) is 55.8 Å². The first-order valence-corrected chi connectivity index (χ1v) is 10.1. The Bertz CT molecular complexity index is 758. The van der Waals surface area contributed by atoms with E-state index in [2.05, 4.69) is 6.58 Å². The van der Waals surface area contributed by atoms with Crippen molar-refractivity contribution in [1.29, 1.82) is 0 Å². The maximum atomic E-state index is 13.2. The van der Waals surface area contributed by atoms with Crippen LogP contribution in [0.2, 0.25) is 10.0 Å². The highest BCUT2D eigenvalue weighted by Crippen LogP contribution is 2.35. The van der Waals surface area contributed by atoms with Gasteiger partial charge in [-0.1, -0.05) is 35.9 Å². The summed E-state index contributed by atoms with van der Waals surface area (Å²) in [6, 6.07) is 2.99. The smallest absolute Gasteiger partial charge is 0.410 e. The zero-order chi connectivity index (χ0) is 21.1. The fraction of sp³-hybridized carbons (Fsp3) is 0.524. The van der Waals surface area contributed by atoms with Gasteiger partial charge in [0, 0.05) is 24.6 Å². The number of ketones is 1. The highest BCUT2D eigenvalue weighted by atomic mass is 35.5. The summed E-state index contributed by atoms with van der Waals surface area (Å²) in [5.74, 6) is 0.0897. The van der Waals surface area contributed by atoms with Crippen molar-refractivity contribution in [2.75, 3.05) is 13.2 Å². The van der Waals surface area contributed by atoms with Gasteiger partial charge in [0.1, 0.15) is 18.0 Å². The van der Waals surface area contributed by atoms with E-state index in [-0.39, 0.29) is 30.4 Å². The highest BCUT2D eigenvalue weighted by Gasteiger charge is 2.35. The minimum atomic E-state index is -0.555. The van der Waals surface area contributed by atoms with E-state index in [1.54, 1.807) is 23.1 Å². The number of Topliss-reactive ketones (excluding diaryl/α,β-unsaturated/α-hetero) is 1. The molecule has 0 bridgehead atoms. The Morgan fingerprint density at radius 3 is 2.50 bits per heavy atom. The number of carbonyl (C=O) groups is 2. The second-order valence-corrected chi connectivity index (χ2v) is 8.78. The molecule has 2 rings (SSSR count). The average Bonchev–Trinajstić information content (AvgIpc) is 2.60. The molecule has 1 aromatic carbocycles. The van der Waals surface area contributed by atoms with E-state index >= 15 is 0 Å². The molecule has 0 spiro atoms. The minimum absolute atomic E-state index is 0.0617. The van der Waals surface area contributed by atoms with E-state index in [9.17, 15) is 9.59 Å². The third kappa shape index (κ3) is 5.65. The first-order valence-electron chi connectivity index (χ1n) is 9.30. The van der Waals surface area contributed by atoms with Crippen molar-refractivity contribution in [3.05, 3.63) is 40.4 Å². The second kappa shape index (κ2) is 9.19. The number of carbonyl (C=O) groups excluding carboxylic acids is 2. The molecule has 1 saturated heterocycles. The summed E-state index contributed by atoms with van der Waals surface area (Å²) in [5.41, 5.74) is -0.153. The number of hydrogen-bond acceptors (Lipinski definition) is 4. The molecule has 5 nitrogen and oxygen atoms in total. The van der Waals surface area contributed by atoms with E-state index in [0.29, 0.717) is 40.7 Å². The van der Waals surface area contributed by atoms with Gasteiger partial charge in [0.15, 0.2) is 5.78 Å². The van der Waals surface area contributed by atoms with E-state index in [1.807, 2.05) is 27.7 Å². The molecule has 0 N–H and O–H groups in total. The Morgan fingerprint density at radius 1 is 1.29 bits per heavy atom. The van der Waals surface area contributed by atoms with Gasteiger partial charge in [-0.2, -0.15) is 0 Å². The summed E-state index contributed by atoms with van der Waals surface area (Å²) in [6.45, 7) is 11.8.